The van der Waals surface area contributed by atoms with Crippen molar-refractivity contribution in [2.24, 2.45) is 0 Å². The fraction of sp³-hybridized carbons (Fsp3) is 0.250. The van der Waals surface area contributed by atoms with Crippen molar-refractivity contribution < 1.29 is 4.74 Å². The van der Waals surface area contributed by atoms with Crippen LogP contribution in [-0.4, -0.2) is 12.6 Å². The maximum absolute atomic E-state index is 5.76. The van der Waals surface area contributed by atoms with E-state index in [-0.39, 0.29) is 0 Å². The molecule has 1 heterocycles. The summed E-state index contributed by atoms with van der Waals surface area (Å²) in [6.45, 7) is 1.65. The number of ether oxygens (including phenoxy) is 1. The van der Waals surface area contributed by atoms with Crippen LogP contribution in [0.1, 0.15) is 11.1 Å². The molecule has 18 heavy (non-hydrogen) atoms. The highest BCUT2D eigenvalue weighted by Crippen LogP contribution is 2.23. The largest absolute Gasteiger partial charge is 0.492 e. The smallest absolute Gasteiger partial charge is 0.122 e. The number of rotatable bonds is 3. The topological polar surface area (TPSA) is 21.3 Å². The second kappa shape index (κ2) is 5.23. The number of fused-ring (bicyclic) bond motifs is 1. The zero-order chi connectivity index (χ0) is 12.2. The summed E-state index contributed by atoms with van der Waals surface area (Å²) in [5.74, 6) is 1.04. The van der Waals surface area contributed by atoms with Crippen LogP contribution in [0.5, 0.6) is 5.75 Å². The predicted octanol–water partition coefficient (Wildman–Crippen LogP) is 2.78. The van der Waals surface area contributed by atoms with Gasteiger partial charge in [-0.15, -0.1) is 0 Å². The molecule has 0 radical (unpaired) electrons. The summed E-state index contributed by atoms with van der Waals surface area (Å²) in [4.78, 5) is 0. The quantitative estimate of drug-likeness (QED) is 0.889. The number of para-hydroxylation sites is 1. The van der Waals surface area contributed by atoms with Crippen LogP contribution in [0.25, 0.3) is 0 Å². The Balaban J connectivity index is 1.60. The molecule has 0 saturated heterocycles. The van der Waals surface area contributed by atoms with Crippen molar-refractivity contribution >= 4 is 0 Å². The average Bonchev–Trinajstić information content (AvgIpc) is 2.46. The molecule has 0 amide bonds. The molecule has 0 spiro atoms. The van der Waals surface area contributed by atoms with Crippen molar-refractivity contribution in [2.45, 2.75) is 19.0 Å². The van der Waals surface area contributed by atoms with E-state index in [1.54, 1.807) is 0 Å². The van der Waals surface area contributed by atoms with Crippen LogP contribution in [0, 0.1) is 0 Å². The second-order valence-corrected chi connectivity index (χ2v) is 4.69. The SMILES string of the molecule is c1ccc(CN[C@@H]2COc3ccccc3C2)cc1. The van der Waals surface area contributed by atoms with E-state index in [4.69, 9.17) is 4.74 Å². The number of nitrogens with one attached hydrogen (secondary N) is 1. The highest BCUT2D eigenvalue weighted by molar-refractivity contribution is 5.35. The van der Waals surface area contributed by atoms with Gasteiger partial charge in [-0.05, 0) is 23.6 Å². The zero-order valence-electron chi connectivity index (χ0n) is 10.3. The van der Waals surface area contributed by atoms with Crippen molar-refractivity contribution in [3.8, 4) is 5.75 Å². The first-order valence-electron chi connectivity index (χ1n) is 6.40. The Morgan fingerprint density at radius 2 is 1.78 bits per heavy atom. The van der Waals surface area contributed by atoms with Crippen molar-refractivity contribution in [2.75, 3.05) is 6.61 Å². The maximum Gasteiger partial charge on any atom is 0.122 e. The molecule has 1 atom stereocenters. The van der Waals surface area contributed by atoms with E-state index >= 15 is 0 Å². The summed E-state index contributed by atoms with van der Waals surface area (Å²) < 4.78 is 5.76. The summed E-state index contributed by atoms with van der Waals surface area (Å²) in [5.41, 5.74) is 2.62. The minimum absolute atomic E-state index is 0.403. The molecular weight excluding hydrogens is 222 g/mol. The van der Waals surface area contributed by atoms with Gasteiger partial charge < -0.3 is 10.1 Å². The van der Waals surface area contributed by atoms with Gasteiger partial charge in [0, 0.05) is 12.6 Å². The van der Waals surface area contributed by atoms with Gasteiger partial charge in [0.1, 0.15) is 12.4 Å². The minimum atomic E-state index is 0.403. The average molecular weight is 239 g/mol. The lowest BCUT2D eigenvalue weighted by Gasteiger charge is -2.26. The Kier molecular flexibility index (Phi) is 3.29. The van der Waals surface area contributed by atoms with Crippen LogP contribution in [0.2, 0.25) is 0 Å². The molecular formula is C16H17NO. The minimum Gasteiger partial charge on any atom is -0.492 e. The molecule has 0 saturated carbocycles. The van der Waals surface area contributed by atoms with Crippen LogP contribution in [0.4, 0.5) is 0 Å². The number of benzene rings is 2. The third-order valence-electron chi connectivity index (χ3n) is 3.32. The molecule has 0 bridgehead atoms. The number of hydrogen-bond donors (Lipinski definition) is 1. The summed E-state index contributed by atoms with van der Waals surface area (Å²) >= 11 is 0. The van der Waals surface area contributed by atoms with Crippen LogP contribution in [0.3, 0.4) is 0 Å². The van der Waals surface area contributed by atoms with Crippen molar-refractivity contribution in [1.82, 2.24) is 5.32 Å². The fourth-order valence-electron chi connectivity index (χ4n) is 2.32. The van der Waals surface area contributed by atoms with Gasteiger partial charge in [-0.25, -0.2) is 0 Å². The molecule has 0 unspecified atom stereocenters. The standard InChI is InChI=1S/C16H17NO/c1-2-6-13(7-3-1)11-17-15-10-14-8-4-5-9-16(14)18-12-15/h1-9,15,17H,10-12H2/t15-/m0/s1. The van der Waals surface area contributed by atoms with E-state index in [0.29, 0.717) is 6.04 Å². The Labute approximate surface area is 108 Å². The summed E-state index contributed by atoms with van der Waals surface area (Å²) in [7, 11) is 0. The van der Waals surface area contributed by atoms with Crippen molar-refractivity contribution in [1.29, 1.82) is 0 Å². The predicted molar refractivity (Wildman–Crippen MR) is 72.7 cm³/mol. The van der Waals surface area contributed by atoms with E-state index in [0.717, 1.165) is 25.3 Å². The van der Waals surface area contributed by atoms with Gasteiger partial charge in [-0.1, -0.05) is 48.5 Å². The molecule has 1 aliphatic heterocycles. The van der Waals surface area contributed by atoms with Crippen molar-refractivity contribution in [3.05, 3.63) is 65.7 Å². The molecule has 92 valence electrons. The first-order valence-corrected chi connectivity index (χ1v) is 6.40. The Morgan fingerprint density at radius 1 is 1.00 bits per heavy atom. The van der Waals surface area contributed by atoms with Crippen LogP contribution >= 0.6 is 0 Å². The summed E-state index contributed by atoms with van der Waals surface area (Å²) in [6.07, 6.45) is 1.04. The Hall–Kier alpha value is -1.80. The first-order chi connectivity index (χ1) is 8.92. The molecule has 2 heteroatoms. The van der Waals surface area contributed by atoms with E-state index in [1.165, 1.54) is 11.1 Å². The molecule has 2 aromatic carbocycles. The van der Waals surface area contributed by atoms with Crippen LogP contribution in [-0.2, 0) is 13.0 Å². The molecule has 2 nitrogen and oxygen atoms in total. The zero-order valence-corrected chi connectivity index (χ0v) is 10.3. The van der Waals surface area contributed by atoms with Gasteiger partial charge in [0.2, 0.25) is 0 Å². The van der Waals surface area contributed by atoms with Gasteiger partial charge in [-0.3, -0.25) is 0 Å². The van der Waals surface area contributed by atoms with E-state index in [2.05, 4.69) is 41.7 Å². The lowest BCUT2D eigenvalue weighted by Crippen LogP contribution is -2.38. The highest BCUT2D eigenvalue weighted by Gasteiger charge is 2.18. The van der Waals surface area contributed by atoms with Crippen LogP contribution < -0.4 is 10.1 Å². The number of hydrogen-bond acceptors (Lipinski definition) is 2. The second-order valence-electron chi connectivity index (χ2n) is 4.69. The van der Waals surface area contributed by atoms with Crippen molar-refractivity contribution in [3.63, 3.8) is 0 Å². The molecule has 0 aliphatic carbocycles. The first kappa shape index (κ1) is 11.3. The summed E-state index contributed by atoms with van der Waals surface area (Å²) in [6, 6.07) is 19.2. The summed E-state index contributed by atoms with van der Waals surface area (Å²) in [5, 5.41) is 3.55. The molecule has 3 rings (SSSR count). The van der Waals surface area contributed by atoms with E-state index in [1.807, 2.05) is 18.2 Å². The maximum atomic E-state index is 5.76. The van der Waals surface area contributed by atoms with Gasteiger partial charge in [0.25, 0.3) is 0 Å². The molecule has 1 aliphatic rings. The molecule has 0 fully saturated rings. The van der Waals surface area contributed by atoms with Gasteiger partial charge in [0.15, 0.2) is 0 Å². The molecule has 1 N–H and O–H groups in total. The third kappa shape index (κ3) is 2.54. The fourth-order valence-corrected chi connectivity index (χ4v) is 2.32. The lowest BCUT2D eigenvalue weighted by atomic mass is 10.0. The van der Waals surface area contributed by atoms with Crippen LogP contribution in [0.15, 0.2) is 54.6 Å². The monoisotopic (exact) mass is 239 g/mol. The Bertz CT molecular complexity index is 510. The molecule has 0 aromatic heterocycles. The highest BCUT2D eigenvalue weighted by atomic mass is 16.5. The van der Waals surface area contributed by atoms with E-state index in [9.17, 15) is 0 Å². The molecule has 2 aromatic rings. The van der Waals surface area contributed by atoms with Gasteiger partial charge >= 0.3 is 0 Å². The van der Waals surface area contributed by atoms with Gasteiger partial charge in [0.05, 0.1) is 0 Å². The third-order valence-corrected chi connectivity index (χ3v) is 3.32. The van der Waals surface area contributed by atoms with Gasteiger partial charge in [-0.2, -0.15) is 0 Å². The van der Waals surface area contributed by atoms with E-state index < -0.39 is 0 Å². The lowest BCUT2D eigenvalue weighted by molar-refractivity contribution is 0.238. The Morgan fingerprint density at radius 3 is 2.67 bits per heavy atom. The normalized spacial score (nSPS) is 17.9.